The van der Waals surface area contributed by atoms with Crippen molar-refractivity contribution >= 4 is 35.1 Å². The molecular formula is C23H31N9O2. The Morgan fingerprint density at radius 2 is 2.00 bits per heavy atom. The van der Waals surface area contributed by atoms with Crippen molar-refractivity contribution in [2.75, 3.05) is 47.8 Å². The zero-order valence-electron chi connectivity index (χ0n) is 19.7. The van der Waals surface area contributed by atoms with E-state index in [1.807, 2.05) is 30.0 Å². The number of anilines is 4. The smallest absolute Gasteiger partial charge is 0.254 e. The summed E-state index contributed by atoms with van der Waals surface area (Å²) in [5.74, 6) is 0.809. The summed E-state index contributed by atoms with van der Waals surface area (Å²) in [5, 5.41) is 14.5. The highest BCUT2D eigenvalue weighted by Crippen LogP contribution is 2.25. The first-order valence-electron chi connectivity index (χ1n) is 11.5. The lowest BCUT2D eigenvalue weighted by Gasteiger charge is -2.27. The van der Waals surface area contributed by atoms with E-state index >= 15 is 0 Å². The lowest BCUT2D eigenvalue weighted by molar-refractivity contribution is -0.120. The molecule has 0 spiro atoms. The van der Waals surface area contributed by atoms with Crippen LogP contribution in [-0.4, -0.2) is 59.5 Å². The Kier molecular flexibility index (Phi) is 8.56. The van der Waals surface area contributed by atoms with E-state index in [-0.39, 0.29) is 17.9 Å². The van der Waals surface area contributed by atoms with Gasteiger partial charge in [-0.05, 0) is 45.2 Å². The van der Waals surface area contributed by atoms with E-state index in [2.05, 4.69) is 30.5 Å². The maximum atomic E-state index is 12.1. The van der Waals surface area contributed by atoms with Crippen LogP contribution in [0.2, 0.25) is 0 Å². The molecule has 0 saturated carbocycles. The maximum Gasteiger partial charge on any atom is 0.254 e. The van der Waals surface area contributed by atoms with Crippen LogP contribution in [0.1, 0.15) is 48.7 Å². The summed E-state index contributed by atoms with van der Waals surface area (Å²) in [6.07, 6.45) is 4.88. The number of pyridine rings is 1. The zero-order chi connectivity index (χ0) is 24.5. The number of hydrogen-bond donors (Lipinski definition) is 3. The number of primary amides is 1. The molecule has 0 aromatic carbocycles. The molecule has 1 saturated heterocycles. The van der Waals surface area contributed by atoms with Crippen LogP contribution in [0.5, 0.6) is 0 Å². The molecule has 1 aliphatic heterocycles. The molecule has 1 aliphatic rings. The summed E-state index contributed by atoms with van der Waals surface area (Å²) in [7, 11) is 0. The second kappa shape index (κ2) is 11.8. The molecule has 4 N–H and O–H groups in total. The van der Waals surface area contributed by atoms with Gasteiger partial charge in [-0.25, -0.2) is 9.97 Å². The first-order chi connectivity index (χ1) is 16.4. The number of likely N-dealkylation sites (N-methyl/N-ethyl adjacent to an activating group) is 1. The Hall–Kier alpha value is -3.94. The number of hydrogen-bond acceptors (Lipinski definition) is 9. The minimum Gasteiger partial charge on any atom is -0.365 e. The van der Waals surface area contributed by atoms with Crippen molar-refractivity contribution in [3.8, 4) is 6.07 Å². The Balaban J connectivity index is 1.74. The molecule has 2 aromatic rings. The maximum absolute atomic E-state index is 12.1. The van der Waals surface area contributed by atoms with Gasteiger partial charge >= 0.3 is 0 Å². The fourth-order valence-electron chi connectivity index (χ4n) is 3.86. The van der Waals surface area contributed by atoms with Gasteiger partial charge in [-0.15, -0.1) is 0 Å². The quantitative estimate of drug-likeness (QED) is 0.477. The Labute approximate surface area is 199 Å². The molecule has 11 heteroatoms. The largest absolute Gasteiger partial charge is 0.365 e. The predicted molar refractivity (Wildman–Crippen MR) is 130 cm³/mol. The van der Waals surface area contributed by atoms with Crippen LogP contribution in [0.3, 0.4) is 0 Å². The van der Waals surface area contributed by atoms with Gasteiger partial charge in [0.2, 0.25) is 11.9 Å². The molecule has 34 heavy (non-hydrogen) atoms. The standard InChI is InChI=1S/C23H31N9O2/c1-3-31(14-11-26-19(33)9-10-24)18-8-7-17(15-27-18)29-22-20(21(25)34)16(2)28-23(30-22)32-12-5-4-6-13-32/h7-8,15H,3-6,9,11-14H2,1-2H3,(H2,25,34)(H,26,33)(H,28,29,30). The van der Waals surface area contributed by atoms with E-state index in [1.54, 1.807) is 13.1 Å². The molecule has 0 bridgehead atoms. The third-order valence-electron chi connectivity index (χ3n) is 5.62. The van der Waals surface area contributed by atoms with Crippen molar-refractivity contribution in [2.45, 2.75) is 39.5 Å². The number of rotatable bonds is 10. The van der Waals surface area contributed by atoms with Gasteiger partial charge in [-0.1, -0.05) is 0 Å². The molecule has 2 amide bonds. The number of nitrogens with zero attached hydrogens (tertiary/aromatic N) is 6. The summed E-state index contributed by atoms with van der Waals surface area (Å²) in [6.45, 7) is 7.20. The van der Waals surface area contributed by atoms with Gasteiger partial charge in [0, 0.05) is 32.7 Å². The molecular weight excluding hydrogens is 434 g/mol. The van der Waals surface area contributed by atoms with Crippen molar-refractivity contribution in [1.29, 1.82) is 5.26 Å². The molecule has 0 atom stereocenters. The third-order valence-corrected chi connectivity index (χ3v) is 5.62. The molecule has 0 unspecified atom stereocenters. The van der Waals surface area contributed by atoms with Gasteiger partial charge in [-0.3, -0.25) is 9.59 Å². The second-order valence-corrected chi connectivity index (χ2v) is 8.04. The van der Waals surface area contributed by atoms with E-state index in [0.717, 1.165) is 31.7 Å². The second-order valence-electron chi connectivity index (χ2n) is 8.04. The third kappa shape index (κ3) is 6.31. The van der Waals surface area contributed by atoms with Crippen molar-refractivity contribution in [3.05, 3.63) is 29.6 Å². The SMILES string of the molecule is CCN(CCNC(=O)CC#N)c1ccc(Nc2nc(N3CCCCC3)nc(C)c2C(N)=O)cn1. The van der Waals surface area contributed by atoms with Gasteiger partial charge in [0.05, 0.1) is 23.6 Å². The number of carbonyl (C=O) groups is 2. The minimum atomic E-state index is -0.592. The summed E-state index contributed by atoms with van der Waals surface area (Å²) in [6, 6.07) is 5.53. The Morgan fingerprint density at radius 3 is 2.62 bits per heavy atom. The van der Waals surface area contributed by atoms with Crippen LogP contribution < -0.4 is 26.2 Å². The fourth-order valence-corrected chi connectivity index (χ4v) is 3.86. The van der Waals surface area contributed by atoms with E-state index in [4.69, 9.17) is 11.0 Å². The zero-order valence-corrected chi connectivity index (χ0v) is 19.7. The molecule has 1 fully saturated rings. The van der Waals surface area contributed by atoms with Gasteiger partial charge in [-0.2, -0.15) is 10.2 Å². The average Bonchev–Trinajstić information content (AvgIpc) is 2.83. The van der Waals surface area contributed by atoms with Crippen LogP contribution in [0.15, 0.2) is 18.3 Å². The predicted octanol–water partition coefficient (Wildman–Crippen LogP) is 1.87. The molecule has 0 aliphatic carbocycles. The van der Waals surface area contributed by atoms with Crippen molar-refractivity contribution in [3.63, 3.8) is 0 Å². The van der Waals surface area contributed by atoms with E-state index in [1.165, 1.54) is 6.42 Å². The van der Waals surface area contributed by atoms with Crippen molar-refractivity contribution < 1.29 is 9.59 Å². The average molecular weight is 466 g/mol. The van der Waals surface area contributed by atoms with Gasteiger partial charge in [0.25, 0.3) is 5.91 Å². The summed E-state index contributed by atoms with van der Waals surface area (Å²) < 4.78 is 0. The van der Waals surface area contributed by atoms with Crippen molar-refractivity contribution in [2.24, 2.45) is 5.73 Å². The van der Waals surface area contributed by atoms with Crippen LogP contribution in [0.4, 0.5) is 23.3 Å². The number of nitrogens with one attached hydrogen (secondary N) is 2. The monoisotopic (exact) mass is 465 g/mol. The van der Waals surface area contributed by atoms with E-state index in [9.17, 15) is 9.59 Å². The first kappa shape index (κ1) is 24.7. The highest BCUT2D eigenvalue weighted by Gasteiger charge is 2.21. The summed E-state index contributed by atoms with van der Waals surface area (Å²) in [4.78, 5) is 41.4. The molecule has 3 heterocycles. The Morgan fingerprint density at radius 1 is 1.24 bits per heavy atom. The Bertz CT molecular complexity index is 1040. The molecule has 11 nitrogen and oxygen atoms in total. The fraction of sp³-hybridized carbons (Fsp3) is 0.478. The minimum absolute atomic E-state index is 0.153. The molecule has 3 rings (SSSR count). The van der Waals surface area contributed by atoms with Crippen LogP contribution in [-0.2, 0) is 4.79 Å². The highest BCUT2D eigenvalue weighted by atomic mass is 16.1. The van der Waals surface area contributed by atoms with Gasteiger partial charge < -0.3 is 26.2 Å². The molecule has 0 radical (unpaired) electrons. The normalized spacial score (nSPS) is 13.1. The van der Waals surface area contributed by atoms with Gasteiger partial charge in [0.15, 0.2) is 0 Å². The van der Waals surface area contributed by atoms with E-state index < -0.39 is 5.91 Å². The van der Waals surface area contributed by atoms with Gasteiger partial charge in [0.1, 0.15) is 23.6 Å². The first-order valence-corrected chi connectivity index (χ1v) is 11.5. The summed E-state index contributed by atoms with van der Waals surface area (Å²) in [5.41, 5.74) is 7.07. The van der Waals surface area contributed by atoms with Crippen LogP contribution >= 0.6 is 0 Å². The number of piperidine rings is 1. The number of aryl methyl sites for hydroxylation is 1. The summed E-state index contributed by atoms with van der Waals surface area (Å²) >= 11 is 0. The number of nitrogens with two attached hydrogens (primary N) is 1. The number of carbonyl (C=O) groups excluding carboxylic acids is 2. The van der Waals surface area contributed by atoms with Crippen molar-refractivity contribution in [1.82, 2.24) is 20.3 Å². The number of amides is 2. The lowest BCUT2D eigenvalue weighted by atomic mass is 10.1. The highest BCUT2D eigenvalue weighted by molar-refractivity contribution is 5.99. The van der Waals surface area contributed by atoms with E-state index in [0.29, 0.717) is 42.8 Å². The molecule has 2 aromatic heterocycles. The van der Waals surface area contributed by atoms with Crippen LogP contribution in [0, 0.1) is 18.3 Å². The van der Waals surface area contributed by atoms with Crippen LogP contribution in [0.25, 0.3) is 0 Å². The number of aromatic nitrogens is 3. The number of nitriles is 1. The lowest BCUT2D eigenvalue weighted by Crippen LogP contribution is -2.35. The molecule has 180 valence electrons. The topological polar surface area (TPSA) is 153 Å².